The van der Waals surface area contributed by atoms with Crippen LogP contribution in [-0.4, -0.2) is 45.5 Å². The number of pyridine rings is 1. The number of ether oxygens (including phenoxy) is 1. The van der Waals surface area contributed by atoms with Gasteiger partial charge in [0, 0.05) is 25.3 Å². The zero-order valence-electron chi connectivity index (χ0n) is 17.1. The van der Waals surface area contributed by atoms with Crippen LogP contribution >= 0.6 is 0 Å². The zero-order chi connectivity index (χ0) is 20.4. The van der Waals surface area contributed by atoms with Gasteiger partial charge < -0.3 is 19.5 Å². The van der Waals surface area contributed by atoms with E-state index in [0.717, 1.165) is 37.2 Å². The van der Waals surface area contributed by atoms with Crippen LogP contribution in [0.3, 0.4) is 0 Å². The number of likely N-dealkylation sites (tertiary alicyclic amines) is 1. The zero-order valence-corrected chi connectivity index (χ0v) is 17.1. The summed E-state index contributed by atoms with van der Waals surface area (Å²) < 4.78 is 7.57. The molecule has 2 aromatic heterocycles. The maximum absolute atomic E-state index is 13.2. The Morgan fingerprint density at radius 2 is 2.21 bits per heavy atom. The lowest BCUT2D eigenvalue weighted by molar-refractivity contribution is 0.0683. The van der Waals surface area contributed by atoms with E-state index in [0.29, 0.717) is 31.0 Å². The molecule has 1 saturated heterocycles. The first kappa shape index (κ1) is 19.6. The molecular formula is C22H28N4O3. The number of nitrogens with zero attached hydrogens (tertiary/aromatic N) is 3. The van der Waals surface area contributed by atoms with Gasteiger partial charge >= 0.3 is 0 Å². The Morgan fingerprint density at radius 1 is 1.34 bits per heavy atom. The van der Waals surface area contributed by atoms with Crippen molar-refractivity contribution in [1.82, 2.24) is 19.8 Å². The minimum atomic E-state index is -0.190. The van der Waals surface area contributed by atoms with Crippen molar-refractivity contribution in [1.29, 1.82) is 0 Å². The average Bonchev–Trinajstić information content (AvgIpc) is 3.36. The second-order valence-corrected chi connectivity index (χ2v) is 7.77. The summed E-state index contributed by atoms with van der Waals surface area (Å²) in [5.41, 5.74) is 2.72. The summed E-state index contributed by atoms with van der Waals surface area (Å²) in [6.07, 6.45) is 4.51. The number of rotatable bonds is 5. The highest BCUT2D eigenvalue weighted by atomic mass is 16.5. The van der Waals surface area contributed by atoms with Gasteiger partial charge in [-0.15, -0.1) is 0 Å². The molecule has 4 rings (SSSR count). The van der Waals surface area contributed by atoms with Crippen LogP contribution in [0, 0.1) is 0 Å². The van der Waals surface area contributed by atoms with Gasteiger partial charge in [0.25, 0.3) is 11.8 Å². The Kier molecular flexibility index (Phi) is 5.67. The SMILES string of the molecule is CCC(NC(=O)c1cc(C(=O)N2CCCC2C)n2c1COCC2)c1ccccn1. The fraction of sp³-hybridized carbons (Fsp3) is 0.500. The summed E-state index contributed by atoms with van der Waals surface area (Å²) in [6, 6.07) is 7.49. The molecule has 1 fully saturated rings. The molecule has 2 amide bonds. The number of carbonyl (C=O) groups excluding carboxylic acids is 2. The number of amides is 2. The van der Waals surface area contributed by atoms with Crippen LogP contribution in [0.5, 0.6) is 0 Å². The molecule has 0 aliphatic carbocycles. The quantitative estimate of drug-likeness (QED) is 0.843. The topological polar surface area (TPSA) is 76.5 Å². The molecule has 7 heteroatoms. The molecule has 1 N–H and O–H groups in total. The minimum Gasteiger partial charge on any atom is -0.373 e. The van der Waals surface area contributed by atoms with E-state index in [1.807, 2.05) is 34.6 Å². The number of nitrogens with one attached hydrogen (secondary N) is 1. The highest BCUT2D eigenvalue weighted by Crippen LogP contribution is 2.26. The van der Waals surface area contributed by atoms with Crippen LogP contribution < -0.4 is 5.32 Å². The lowest BCUT2D eigenvalue weighted by atomic mass is 10.1. The summed E-state index contributed by atoms with van der Waals surface area (Å²) in [7, 11) is 0. The second kappa shape index (κ2) is 8.37. The van der Waals surface area contributed by atoms with E-state index in [-0.39, 0.29) is 23.9 Å². The van der Waals surface area contributed by atoms with E-state index < -0.39 is 0 Å². The lowest BCUT2D eigenvalue weighted by Gasteiger charge is -2.24. The van der Waals surface area contributed by atoms with Crippen molar-refractivity contribution in [2.24, 2.45) is 0 Å². The second-order valence-electron chi connectivity index (χ2n) is 7.77. The van der Waals surface area contributed by atoms with Crippen molar-refractivity contribution < 1.29 is 14.3 Å². The van der Waals surface area contributed by atoms with Crippen molar-refractivity contribution in [3.63, 3.8) is 0 Å². The third-order valence-electron chi connectivity index (χ3n) is 5.94. The normalized spacial score (nSPS) is 19.7. The van der Waals surface area contributed by atoms with E-state index in [1.165, 1.54) is 0 Å². The molecule has 2 atom stereocenters. The van der Waals surface area contributed by atoms with Crippen molar-refractivity contribution in [3.05, 3.63) is 53.1 Å². The first-order valence-electron chi connectivity index (χ1n) is 10.4. The summed E-state index contributed by atoms with van der Waals surface area (Å²) >= 11 is 0. The Bertz CT molecular complexity index is 893. The highest BCUT2D eigenvalue weighted by Gasteiger charge is 2.32. The number of hydrogen-bond acceptors (Lipinski definition) is 4. The van der Waals surface area contributed by atoms with Gasteiger partial charge in [-0.3, -0.25) is 14.6 Å². The fourth-order valence-electron chi connectivity index (χ4n) is 4.28. The maximum Gasteiger partial charge on any atom is 0.270 e. The maximum atomic E-state index is 13.2. The van der Waals surface area contributed by atoms with Crippen molar-refractivity contribution in [3.8, 4) is 0 Å². The predicted octanol–water partition coefficient (Wildman–Crippen LogP) is 2.92. The van der Waals surface area contributed by atoms with E-state index in [4.69, 9.17) is 4.74 Å². The Hall–Kier alpha value is -2.67. The minimum absolute atomic E-state index is 0.00830. The van der Waals surface area contributed by atoms with Crippen LogP contribution in [0.15, 0.2) is 30.5 Å². The van der Waals surface area contributed by atoms with Crippen molar-refractivity contribution in [2.45, 2.75) is 58.3 Å². The molecule has 29 heavy (non-hydrogen) atoms. The first-order valence-corrected chi connectivity index (χ1v) is 10.4. The third kappa shape index (κ3) is 3.79. The number of hydrogen-bond donors (Lipinski definition) is 1. The standard InChI is InChI=1S/C22H28N4O3/c1-3-17(18-8-4-5-9-23-18)24-21(27)16-13-19(26-11-12-29-14-20(16)26)22(28)25-10-6-7-15(25)2/h4-5,8-9,13,15,17H,3,6-7,10-12,14H2,1-2H3,(H,24,27). The van der Waals surface area contributed by atoms with Gasteiger partial charge in [0.2, 0.25) is 0 Å². The lowest BCUT2D eigenvalue weighted by Crippen LogP contribution is -2.35. The Morgan fingerprint density at radius 3 is 2.90 bits per heavy atom. The van der Waals surface area contributed by atoms with Gasteiger partial charge in [-0.25, -0.2) is 0 Å². The van der Waals surface area contributed by atoms with Crippen LogP contribution in [-0.2, 0) is 17.9 Å². The number of fused-ring (bicyclic) bond motifs is 1. The molecule has 0 aromatic carbocycles. The third-order valence-corrected chi connectivity index (χ3v) is 5.94. The van der Waals surface area contributed by atoms with Gasteiger partial charge in [-0.1, -0.05) is 13.0 Å². The van der Waals surface area contributed by atoms with E-state index in [9.17, 15) is 9.59 Å². The molecule has 154 valence electrons. The molecule has 7 nitrogen and oxygen atoms in total. The van der Waals surface area contributed by atoms with Gasteiger partial charge in [0.1, 0.15) is 5.69 Å². The van der Waals surface area contributed by atoms with Gasteiger partial charge in [-0.05, 0) is 44.4 Å². The monoisotopic (exact) mass is 396 g/mol. The Balaban J connectivity index is 1.62. The smallest absolute Gasteiger partial charge is 0.270 e. The first-order chi connectivity index (χ1) is 14.1. The average molecular weight is 396 g/mol. The summed E-state index contributed by atoms with van der Waals surface area (Å²) in [6.45, 7) is 6.34. The Labute approximate surface area is 171 Å². The van der Waals surface area contributed by atoms with Crippen molar-refractivity contribution in [2.75, 3.05) is 13.2 Å². The molecule has 2 aliphatic heterocycles. The van der Waals surface area contributed by atoms with E-state index in [2.05, 4.69) is 17.2 Å². The van der Waals surface area contributed by atoms with Crippen LogP contribution in [0.4, 0.5) is 0 Å². The molecule has 4 heterocycles. The molecule has 2 aromatic rings. The molecule has 0 saturated carbocycles. The van der Waals surface area contributed by atoms with Crippen molar-refractivity contribution >= 4 is 11.8 Å². The fourth-order valence-corrected chi connectivity index (χ4v) is 4.28. The van der Waals surface area contributed by atoms with Crippen LogP contribution in [0.25, 0.3) is 0 Å². The van der Waals surface area contributed by atoms with Gasteiger partial charge in [0.05, 0.1) is 36.2 Å². The van der Waals surface area contributed by atoms with Crippen LogP contribution in [0.2, 0.25) is 0 Å². The van der Waals surface area contributed by atoms with Crippen LogP contribution in [0.1, 0.15) is 71.4 Å². The molecule has 0 bridgehead atoms. The molecule has 0 spiro atoms. The van der Waals surface area contributed by atoms with E-state index >= 15 is 0 Å². The van der Waals surface area contributed by atoms with E-state index in [1.54, 1.807) is 12.3 Å². The molecular weight excluding hydrogens is 368 g/mol. The highest BCUT2D eigenvalue weighted by molar-refractivity contribution is 6.01. The summed E-state index contributed by atoms with van der Waals surface area (Å²) in [5.74, 6) is -0.181. The van der Waals surface area contributed by atoms with Gasteiger partial charge in [0.15, 0.2) is 0 Å². The molecule has 2 unspecified atom stereocenters. The largest absolute Gasteiger partial charge is 0.373 e. The summed E-state index contributed by atoms with van der Waals surface area (Å²) in [5, 5.41) is 3.08. The molecule has 0 radical (unpaired) electrons. The molecule has 2 aliphatic rings. The number of aromatic nitrogens is 2. The van der Waals surface area contributed by atoms with Gasteiger partial charge in [-0.2, -0.15) is 0 Å². The summed E-state index contributed by atoms with van der Waals surface area (Å²) in [4.78, 5) is 32.6. The predicted molar refractivity (Wildman–Crippen MR) is 109 cm³/mol. The number of carbonyl (C=O) groups is 2.